The molecule has 1 aromatic rings. The van der Waals surface area contributed by atoms with Gasteiger partial charge in [-0.25, -0.2) is 9.97 Å². The second-order valence-corrected chi connectivity index (χ2v) is 6.60. The number of hydrogen-bond acceptors (Lipinski definition) is 5. The minimum absolute atomic E-state index is 0.169. The lowest BCUT2D eigenvalue weighted by atomic mass is 9.87. The molecule has 2 fully saturated rings. The van der Waals surface area contributed by atoms with Crippen molar-refractivity contribution in [3.8, 4) is 0 Å². The maximum Gasteiger partial charge on any atom is 0.419 e. The van der Waals surface area contributed by atoms with Crippen LogP contribution < -0.4 is 5.73 Å². The molecule has 6 nitrogen and oxygen atoms in total. The average molecular weight is 370 g/mol. The normalized spacial score (nSPS) is 18.9. The molecule has 0 radical (unpaired) electrons. The first-order valence-electron chi connectivity index (χ1n) is 8.87. The van der Waals surface area contributed by atoms with Crippen LogP contribution >= 0.6 is 0 Å². The fourth-order valence-electron chi connectivity index (χ4n) is 3.18. The third-order valence-corrected chi connectivity index (χ3v) is 4.65. The summed E-state index contributed by atoms with van der Waals surface area (Å²) in [5.41, 5.74) is 4.08. The average Bonchev–Trinajstić information content (AvgIpc) is 2.62. The van der Waals surface area contributed by atoms with E-state index in [2.05, 4.69) is 9.97 Å². The van der Waals surface area contributed by atoms with Crippen molar-refractivity contribution in [2.24, 2.45) is 5.92 Å². The molecule has 3 rings (SSSR count). The standard InChI is InChI=1S/C12H21N3.C5H4F3N3/c13-11-8-4-5-9-15(11)12(14)10-6-2-1-3-7-10;6-5(7,8)3-1-10-4(9)11-2-3/h10,13-14H,1-9H2;1-2H,(H2,9,10,11). The monoisotopic (exact) mass is 370 g/mol. The van der Waals surface area contributed by atoms with E-state index in [-0.39, 0.29) is 5.95 Å². The molecule has 1 aliphatic heterocycles. The maximum atomic E-state index is 11.8. The lowest BCUT2D eigenvalue weighted by Crippen LogP contribution is -2.43. The van der Waals surface area contributed by atoms with Crippen molar-refractivity contribution >= 4 is 17.6 Å². The van der Waals surface area contributed by atoms with Gasteiger partial charge in [-0.3, -0.25) is 10.8 Å². The summed E-state index contributed by atoms with van der Waals surface area (Å²) >= 11 is 0. The molecule has 1 saturated heterocycles. The highest BCUT2D eigenvalue weighted by Crippen LogP contribution is 2.28. The van der Waals surface area contributed by atoms with E-state index in [1.165, 1.54) is 32.1 Å². The van der Waals surface area contributed by atoms with Crippen LogP contribution in [0.25, 0.3) is 0 Å². The summed E-state index contributed by atoms with van der Waals surface area (Å²) in [6, 6.07) is 0. The molecule has 0 atom stereocenters. The zero-order valence-electron chi connectivity index (χ0n) is 14.6. The molecule has 26 heavy (non-hydrogen) atoms. The number of nitrogens with one attached hydrogen (secondary N) is 2. The summed E-state index contributed by atoms with van der Waals surface area (Å²) in [6.07, 6.45) is 6.26. The number of amidine groups is 2. The van der Waals surface area contributed by atoms with Gasteiger partial charge < -0.3 is 10.6 Å². The molecule has 0 spiro atoms. The van der Waals surface area contributed by atoms with Crippen molar-refractivity contribution in [3.05, 3.63) is 18.0 Å². The zero-order valence-corrected chi connectivity index (χ0v) is 14.6. The number of likely N-dealkylation sites (tertiary alicyclic amines) is 1. The Kier molecular flexibility index (Phi) is 6.93. The molecule has 1 aliphatic carbocycles. The lowest BCUT2D eigenvalue weighted by Gasteiger charge is -2.34. The van der Waals surface area contributed by atoms with E-state index in [1.807, 2.05) is 4.90 Å². The molecule has 144 valence electrons. The van der Waals surface area contributed by atoms with Gasteiger partial charge in [0.1, 0.15) is 11.7 Å². The molecule has 1 aromatic heterocycles. The number of alkyl halides is 3. The number of piperidine rings is 1. The third-order valence-electron chi connectivity index (χ3n) is 4.65. The van der Waals surface area contributed by atoms with E-state index in [0.29, 0.717) is 24.1 Å². The summed E-state index contributed by atoms with van der Waals surface area (Å²) in [5.74, 6) is 1.69. The highest BCUT2D eigenvalue weighted by atomic mass is 19.4. The van der Waals surface area contributed by atoms with Crippen molar-refractivity contribution in [3.63, 3.8) is 0 Å². The first-order chi connectivity index (χ1) is 12.3. The van der Waals surface area contributed by atoms with E-state index >= 15 is 0 Å². The number of aromatic nitrogens is 2. The van der Waals surface area contributed by atoms with Crippen LogP contribution in [0.4, 0.5) is 19.1 Å². The molecule has 4 N–H and O–H groups in total. The summed E-state index contributed by atoms with van der Waals surface area (Å²) in [4.78, 5) is 8.34. The van der Waals surface area contributed by atoms with Crippen molar-refractivity contribution in [1.82, 2.24) is 14.9 Å². The fraction of sp³-hybridized carbons (Fsp3) is 0.647. The minimum atomic E-state index is -4.40. The molecular formula is C17H25F3N6. The van der Waals surface area contributed by atoms with E-state index < -0.39 is 11.7 Å². The van der Waals surface area contributed by atoms with Crippen LogP contribution in [-0.2, 0) is 6.18 Å². The van der Waals surface area contributed by atoms with E-state index in [0.717, 1.165) is 31.6 Å². The molecule has 9 heteroatoms. The van der Waals surface area contributed by atoms with Gasteiger partial charge in [0.25, 0.3) is 0 Å². The van der Waals surface area contributed by atoms with Crippen LogP contribution in [0, 0.1) is 16.7 Å². The summed E-state index contributed by atoms with van der Waals surface area (Å²) < 4.78 is 35.4. The van der Waals surface area contributed by atoms with Gasteiger partial charge in [-0.15, -0.1) is 0 Å². The first-order valence-corrected chi connectivity index (χ1v) is 8.87. The number of anilines is 1. The topological polar surface area (TPSA) is 103 Å². The number of hydrogen-bond donors (Lipinski definition) is 3. The van der Waals surface area contributed by atoms with E-state index in [1.54, 1.807) is 0 Å². The maximum absolute atomic E-state index is 11.8. The van der Waals surface area contributed by atoms with Gasteiger partial charge >= 0.3 is 6.18 Å². The second kappa shape index (κ2) is 8.95. The molecule has 2 aliphatic rings. The zero-order chi connectivity index (χ0) is 19.2. The van der Waals surface area contributed by atoms with Gasteiger partial charge in [0.15, 0.2) is 0 Å². The largest absolute Gasteiger partial charge is 0.419 e. The molecule has 1 saturated carbocycles. The Bertz CT molecular complexity index is 608. The molecular weight excluding hydrogens is 345 g/mol. The van der Waals surface area contributed by atoms with Crippen LogP contribution in [0.1, 0.15) is 56.9 Å². The predicted molar refractivity (Wildman–Crippen MR) is 94.0 cm³/mol. The van der Waals surface area contributed by atoms with Crippen molar-refractivity contribution in [2.45, 2.75) is 57.5 Å². The Morgan fingerprint density at radius 3 is 2.23 bits per heavy atom. The van der Waals surface area contributed by atoms with Gasteiger partial charge in [0.2, 0.25) is 5.95 Å². The Hall–Kier alpha value is -2.19. The quantitative estimate of drug-likeness (QED) is 0.512. The van der Waals surface area contributed by atoms with Crippen molar-refractivity contribution in [2.75, 3.05) is 12.3 Å². The molecule has 0 unspecified atom stereocenters. The second-order valence-electron chi connectivity index (χ2n) is 6.60. The van der Waals surface area contributed by atoms with Gasteiger partial charge in [0, 0.05) is 31.3 Å². The fourth-order valence-corrected chi connectivity index (χ4v) is 3.18. The Morgan fingerprint density at radius 1 is 1.08 bits per heavy atom. The number of halogens is 3. The van der Waals surface area contributed by atoms with Crippen LogP contribution in [0.2, 0.25) is 0 Å². The third kappa shape index (κ3) is 5.67. The lowest BCUT2D eigenvalue weighted by molar-refractivity contribution is -0.138. The number of nitrogens with zero attached hydrogens (tertiary/aromatic N) is 3. The summed E-state index contributed by atoms with van der Waals surface area (Å²) in [7, 11) is 0. The van der Waals surface area contributed by atoms with Gasteiger partial charge in [-0.05, 0) is 25.7 Å². The van der Waals surface area contributed by atoms with Crippen LogP contribution in [0.15, 0.2) is 12.4 Å². The SMILES string of the molecule is N=C1CCCCN1C(=N)C1CCCCC1.Nc1ncc(C(F)(F)F)cn1. The molecule has 0 amide bonds. The minimum Gasteiger partial charge on any atom is -0.368 e. The van der Waals surface area contributed by atoms with Gasteiger partial charge in [-0.2, -0.15) is 13.2 Å². The Morgan fingerprint density at radius 2 is 1.69 bits per heavy atom. The van der Waals surface area contributed by atoms with Gasteiger partial charge in [-0.1, -0.05) is 19.3 Å². The number of nitrogen functional groups attached to an aromatic ring is 1. The van der Waals surface area contributed by atoms with Gasteiger partial charge in [0.05, 0.1) is 5.56 Å². The molecule has 0 bridgehead atoms. The highest BCUT2D eigenvalue weighted by Gasteiger charge is 2.31. The highest BCUT2D eigenvalue weighted by molar-refractivity contribution is 5.99. The Labute approximate surface area is 151 Å². The van der Waals surface area contributed by atoms with Crippen molar-refractivity contribution < 1.29 is 13.2 Å². The van der Waals surface area contributed by atoms with Crippen LogP contribution in [0.5, 0.6) is 0 Å². The smallest absolute Gasteiger partial charge is 0.368 e. The molecule has 0 aromatic carbocycles. The van der Waals surface area contributed by atoms with E-state index in [9.17, 15) is 13.2 Å². The first kappa shape index (κ1) is 20.1. The molecule has 2 heterocycles. The van der Waals surface area contributed by atoms with Crippen LogP contribution in [-0.4, -0.2) is 33.1 Å². The summed E-state index contributed by atoms with van der Waals surface area (Å²) in [6.45, 7) is 0.911. The van der Waals surface area contributed by atoms with Crippen molar-refractivity contribution in [1.29, 1.82) is 10.8 Å². The van der Waals surface area contributed by atoms with Crippen LogP contribution in [0.3, 0.4) is 0 Å². The number of rotatable bonds is 1. The van der Waals surface area contributed by atoms with E-state index in [4.69, 9.17) is 16.6 Å². The summed E-state index contributed by atoms with van der Waals surface area (Å²) in [5, 5.41) is 16.1. The number of nitrogens with two attached hydrogens (primary N) is 1. The Balaban J connectivity index is 0.000000197. The predicted octanol–water partition coefficient (Wildman–Crippen LogP) is 4.08.